The van der Waals surface area contributed by atoms with Gasteiger partial charge in [0.2, 0.25) is 0 Å². The van der Waals surface area contributed by atoms with Crippen LogP contribution in [0.15, 0.2) is 20.7 Å². The summed E-state index contributed by atoms with van der Waals surface area (Å²) in [5.41, 5.74) is 7.09. The first-order valence-corrected chi connectivity index (χ1v) is 12.1. The van der Waals surface area contributed by atoms with Crippen LogP contribution in [0.3, 0.4) is 0 Å². The van der Waals surface area contributed by atoms with Gasteiger partial charge in [-0.05, 0) is 78.8 Å². The maximum Gasteiger partial charge on any atom is 0.354 e. The highest BCUT2D eigenvalue weighted by molar-refractivity contribution is 7.93. The minimum atomic E-state index is -3.28. The molecule has 3 N–H and O–H groups in total. The quantitative estimate of drug-likeness (QED) is 0.779. The molecule has 0 saturated heterocycles. The summed E-state index contributed by atoms with van der Waals surface area (Å²) in [5.74, 6) is 0. The highest BCUT2D eigenvalue weighted by Gasteiger charge is 2.26. The van der Waals surface area contributed by atoms with Crippen LogP contribution in [0.25, 0.3) is 0 Å². The van der Waals surface area contributed by atoms with Crippen molar-refractivity contribution in [3.8, 4) is 0 Å². The van der Waals surface area contributed by atoms with Crippen molar-refractivity contribution in [3.05, 3.63) is 44.8 Å². The molecule has 1 atom stereocenters. The predicted octanol–water partition coefficient (Wildman–Crippen LogP) is 3.73. The lowest BCUT2D eigenvalue weighted by Crippen LogP contribution is -2.18. The van der Waals surface area contributed by atoms with Gasteiger partial charge in [-0.1, -0.05) is 6.07 Å². The van der Waals surface area contributed by atoms with Crippen molar-refractivity contribution in [3.63, 3.8) is 0 Å². The molecule has 1 aliphatic heterocycles. The topological polar surface area (TPSA) is 93.8 Å². The number of rotatable bonds is 2. The van der Waals surface area contributed by atoms with E-state index in [0.717, 1.165) is 61.1 Å². The molecule has 2 aliphatic carbocycles. The fourth-order valence-corrected chi connectivity index (χ4v) is 6.99. The number of benzene rings is 1. The van der Waals surface area contributed by atoms with E-state index in [4.69, 9.17) is 9.88 Å². The molecular formula is C20H23N3O3S2. The molecule has 1 aromatic heterocycles. The van der Waals surface area contributed by atoms with Gasteiger partial charge in [0.1, 0.15) is 4.21 Å². The summed E-state index contributed by atoms with van der Waals surface area (Å²) in [6.07, 6.45) is 7.03. The second-order valence-electron chi connectivity index (χ2n) is 7.64. The zero-order valence-corrected chi connectivity index (χ0v) is 17.2. The summed E-state index contributed by atoms with van der Waals surface area (Å²) < 4.78 is 22.8. The normalized spacial score (nSPS) is 19.5. The SMILES string of the molecule is N[S@](=O)(=NC(=O)Nc1c2c(cc3c1CCC3)CCC2)c1cc2c(s1)COCC2. The maximum atomic E-state index is 13.0. The molecule has 28 heavy (non-hydrogen) atoms. The molecule has 0 radical (unpaired) electrons. The van der Waals surface area contributed by atoms with Gasteiger partial charge in [0, 0.05) is 10.6 Å². The Bertz CT molecular complexity index is 1040. The average molecular weight is 418 g/mol. The number of ether oxygens (including phenoxy) is 1. The van der Waals surface area contributed by atoms with E-state index in [1.807, 2.05) is 6.07 Å². The number of urea groups is 1. The van der Waals surface area contributed by atoms with Gasteiger partial charge < -0.3 is 10.1 Å². The fourth-order valence-electron chi connectivity index (χ4n) is 4.53. The summed E-state index contributed by atoms with van der Waals surface area (Å²) in [5, 5.41) is 8.95. The molecule has 0 spiro atoms. The van der Waals surface area contributed by atoms with E-state index in [9.17, 15) is 9.00 Å². The number of aryl methyl sites for hydroxylation is 2. The van der Waals surface area contributed by atoms with E-state index in [2.05, 4.69) is 15.7 Å². The van der Waals surface area contributed by atoms with Crippen molar-refractivity contribution < 1.29 is 13.7 Å². The zero-order chi connectivity index (χ0) is 19.3. The van der Waals surface area contributed by atoms with E-state index < -0.39 is 15.9 Å². The molecule has 0 unspecified atom stereocenters. The first-order valence-electron chi connectivity index (χ1n) is 9.73. The molecule has 0 bridgehead atoms. The van der Waals surface area contributed by atoms with Gasteiger partial charge in [0.05, 0.1) is 13.2 Å². The molecular weight excluding hydrogens is 394 g/mol. The second kappa shape index (κ2) is 6.95. The fraction of sp³-hybridized carbons (Fsp3) is 0.450. The van der Waals surface area contributed by atoms with E-state index >= 15 is 0 Å². The molecule has 1 aromatic carbocycles. The Labute approximate surface area is 168 Å². The van der Waals surface area contributed by atoms with Crippen molar-refractivity contribution in [1.29, 1.82) is 0 Å². The van der Waals surface area contributed by atoms with Crippen LogP contribution in [0.5, 0.6) is 0 Å². The molecule has 2 aromatic rings. The second-order valence-corrected chi connectivity index (χ2v) is 10.8. The maximum absolute atomic E-state index is 13.0. The minimum Gasteiger partial charge on any atom is -0.376 e. The molecule has 5 rings (SSSR count). The molecule has 2 heterocycles. The molecule has 3 aliphatic rings. The lowest BCUT2D eigenvalue weighted by atomic mass is 9.99. The standard InChI is InChI=1S/C20H23N3O3S2/c21-28(25,18-10-14-7-8-26-11-17(14)27-18)23-20(24)22-19-15-5-1-3-12(15)9-13-4-2-6-16(13)19/h9-10H,1-8,11H2,(H3,21,22,23,24,25)/t28-/m0/s1. The smallest absolute Gasteiger partial charge is 0.354 e. The summed E-state index contributed by atoms with van der Waals surface area (Å²) in [6.45, 7) is 1.15. The van der Waals surface area contributed by atoms with Gasteiger partial charge in [-0.25, -0.2) is 14.1 Å². The molecule has 148 valence electrons. The Hall–Kier alpha value is -1.74. The lowest BCUT2D eigenvalue weighted by Gasteiger charge is -2.15. The zero-order valence-electron chi connectivity index (χ0n) is 15.6. The molecule has 0 saturated carbocycles. The van der Waals surface area contributed by atoms with Gasteiger partial charge in [-0.3, -0.25) is 0 Å². The third kappa shape index (κ3) is 3.18. The van der Waals surface area contributed by atoms with Gasteiger partial charge in [-0.2, -0.15) is 0 Å². The third-order valence-corrected chi connectivity index (χ3v) is 8.88. The highest BCUT2D eigenvalue weighted by atomic mass is 32.2. The van der Waals surface area contributed by atoms with Gasteiger partial charge in [0.15, 0.2) is 9.92 Å². The summed E-state index contributed by atoms with van der Waals surface area (Å²) >= 11 is 1.33. The number of fused-ring (bicyclic) bond motifs is 3. The molecule has 2 amide bonds. The van der Waals surface area contributed by atoms with Crippen molar-refractivity contribution in [2.75, 3.05) is 11.9 Å². The molecule has 8 heteroatoms. The first-order chi connectivity index (χ1) is 13.5. The largest absolute Gasteiger partial charge is 0.376 e. The van der Waals surface area contributed by atoms with Gasteiger partial charge in [-0.15, -0.1) is 15.7 Å². The number of thiophene rings is 1. The van der Waals surface area contributed by atoms with E-state index in [-0.39, 0.29) is 0 Å². The lowest BCUT2D eigenvalue weighted by molar-refractivity contribution is 0.113. The van der Waals surface area contributed by atoms with Crippen molar-refractivity contribution >= 4 is 33.0 Å². The number of carbonyl (C=O) groups is 1. The Kier molecular flexibility index (Phi) is 4.54. The predicted molar refractivity (Wildman–Crippen MR) is 110 cm³/mol. The summed E-state index contributed by atoms with van der Waals surface area (Å²) in [4.78, 5) is 13.7. The van der Waals surface area contributed by atoms with Crippen LogP contribution < -0.4 is 10.5 Å². The van der Waals surface area contributed by atoms with Gasteiger partial charge >= 0.3 is 6.03 Å². The number of carbonyl (C=O) groups excluding carboxylic acids is 1. The summed E-state index contributed by atoms with van der Waals surface area (Å²) in [7, 11) is -3.28. The minimum absolute atomic E-state index is 0.446. The van der Waals surface area contributed by atoms with Crippen molar-refractivity contribution in [2.45, 2.75) is 55.8 Å². The monoisotopic (exact) mass is 417 g/mol. The van der Waals surface area contributed by atoms with Crippen molar-refractivity contribution in [1.82, 2.24) is 0 Å². The number of hydrogen-bond acceptors (Lipinski definition) is 4. The third-order valence-electron chi connectivity index (χ3n) is 5.83. The summed E-state index contributed by atoms with van der Waals surface area (Å²) in [6, 6.07) is 3.51. The van der Waals surface area contributed by atoms with Crippen LogP contribution >= 0.6 is 11.3 Å². The van der Waals surface area contributed by atoms with E-state index in [1.54, 1.807) is 0 Å². The molecule has 6 nitrogen and oxygen atoms in total. The number of hydrogen-bond donors (Lipinski definition) is 2. The number of nitrogens with zero attached hydrogens (tertiary/aromatic N) is 1. The number of anilines is 1. The van der Waals surface area contributed by atoms with Crippen LogP contribution in [0, 0.1) is 0 Å². The Morgan fingerprint density at radius 1 is 1.07 bits per heavy atom. The average Bonchev–Trinajstić information content (AvgIpc) is 3.39. The van der Waals surface area contributed by atoms with Crippen LogP contribution in [-0.4, -0.2) is 16.8 Å². The van der Waals surface area contributed by atoms with Crippen molar-refractivity contribution in [2.24, 2.45) is 9.50 Å². The van der Waals surface area contributed by atoms with Crippen LogP contribution in [0.2, 0.25) is 0 Å². The van der Waals surface area contributed by atoms with E-state index in [1.165, 1.54) is 33.6 Å². The van der Waals surface area contributed by atoms with Crippen LogP contribution in [-0.2, 0) is 53.4 Å². The highest BCUT2D eigenvalue weighted by Crippen LogP contribution is 2.38. The van der Waals surface area contributed by atoms with Crippen LogP contribution in [0.1, 0.15) is 45.5 Å². The number of nitrogens with two attached hydrogens (primary N) is 1. The van der Waals surface area contributed by atoms with Gasteiger partial charge in [0.25, 0.3) is 0 Å². The Morgan fingerprint density at radius 2 is 1.79 bits per heavy atom. The number of nitrogens with one attached hydrogen (secondary N) is 1. The Morgan fingerprint density at radius 3 is 2.46 bits per heavy atom. The Balaban J connectivity index is 1.46. The first kappa shape index (κ1) is 18.3. The van der Waals surface area contributed by atoms with E-state index in [0.29, 0.717) is 17.4 Å². The number of amides is 2. The molecule has 0 fully saturated rings. The van der Waals surface area contributed by atoms with Crippen LogP contribution in [0.4, 0.5) is 10.5 Å².